The van der Waals surface area contributed by atoms with Crippen molar-refractivity contribution in [2.75, 3.05) is 0 Å². The van der Waals surface area contributed by atoms with E-state index in [-0.39, 0.29) is 10.8 Å². The highest BCUT2D eigenvalue weighted by Gasteiger charge is 2.70. The molecule has 0 fully saturated rings. The molecule has 0 atom stereocenters. The van der Waals surface area contributed by atoms with Gasteiger partial charge in [-0.25, -0.2) is 0 Å². The van der Waals surface area contributed by atoms with E-state index in [2.05, 4.69) is 135 Å². The quantitative estimate of drug-likeness (QED) is 0.318. The SMILES string of the molecule is CC12C(c3ccccc3)=C(c3ccccc3)C1(C)C(c1ccccc1)=C2c1ccccc1. The number of hydrogen-bond donors (Lipinski definition) is 0. The first kappa shape index (κ1) is 19.1. The van der Waals surface area contributed by atoms with Crippen LogP contribution >= 0.6 is 0 Å². The normalized spacial score (nSPS) is 23.9. The molecule has 4 aromatic carbocycles. The van der Waals surface area contributed by atoms with Gasteiger partial charge in [-0.15, -0.1) is 0 Å². The van der Waals surface area contributed by atoms with Gasteiger partial charge in [-0.1, -0.05) is 135 Å². The van der Waals surface area contributed by atoms with E-state index in [0.29, 0.717) is 0 Å². The number of allylic oxidation sites excluding steroid dienone is 4. The highest BCUT2D eigenvalue weighted by molar-refractivity contribution is 6.26. The first-order valence-electron chi connectivity index (χ1n) is 11.4. The first-order chi connectivity index (χ1) is 15.7. The molecule has 0 radical (unpaired) electrons. The van der Waals surface area contributed by atoms with E-state index < -0.39 is 0 Å². The summed E-state index contributed by atoms with van der Waals surface area (Å²) in [4.78, 5) is 0. The number of fused-ring (bicyclic) bond motifs is 1. The second-order valence-corrected chi connectivity index (χ2v) is 9.21. The molecule has 0 heterocycles. The standard InChI is InChI=1S/C32H26/c1-31-27(23-15-7-3-8-16-23)29(25-19-11-5-12-20-25)32(31,2)30(26-21-13-6-14-22-26)28(31)24-17-9-4-10-18-24/h3-22H,1-2H3. The zero-order valence-electron chi connectivity index (χ0n) is 18.5. The van der Waals surface area contributed by atoms with Crippen LogP contribution in [0.25, 0.3) is 22.3 Å². The maximum absolute atomic E-state index is 2.45. The van der Waals surface area contributed by atoms with Crippen molar-refractivity contribution in [1.29, 1.82) is 0 Å². The summed E-state index contributed by atoms with van der Waals surface area (Å²) in [7, 11) is 0. The van der Waals surface area contributed by atoms with E-state index in [1.54, 1.807) is 0 Å². The van der Waals surface area contributed by atoms with E-state index in [1.165, 1.54) is 44.5 Å². The van der Waals surface area contributed by atoms with Crippen molar-refractivity contribution in [2.24, 2.45) is 10.8 Å². The van der Waals surface area contributed by atoms with Crippen LogP contribution in [0.3, 0.4) is 0 Å². The molecule has 0 heteroatoms. The molecule has 4 aromatic rings. The van der Waals surface area contributed by atoms with Gasteiger partial charge in [0.25, 0.3) is 0 Å². The number of benzene rings is 4. The first-order valence-corrected chi connectivity index (χ1v) is 11.4. The lowest BCUT2D eigenvalue weighted by atomic mass is 9.32. The van der Waals surface area contributed by atoms with Gasteiger partial charge >= 0.3 is 0 Å². The fourth-order valence-electron chi connectivity index (χ4n) is 6.28. The Hall–Kier alpha value is -3.64. The molecule has 0 bridgehead atoms. The molecular weight excluding hydrogens is 384 g/mol. The minimum absolute atomic E-state index is 0.0495. The van der Waals surface area contributed by atoms with Crippen LogP contribution in [0.4, 0.5) is 0 Å². The minimum Gasteiger partial charge on any atom is -0.0622 e. The molecular formula is C32H26. The van der Waals surface area contributed by atoms with Gasteiger partial charge in [-0.3, -0.25) is 0 Å². The molecule has 0 amide bonds. The van der Waals surface area contributed by atoms with Gasteiger partial charge in [0, 0.05) is 10.8 Å². The zero-order valence-corrected chi connectivity index (χ0v) is 18.5. The van der Waals surface area contributed by atoms with Gasteiger partial charge in [0.2, 0.25) is 0 Å². The van der Waals surface area contributed by atoms with E-state index >= 15 is 0 Å². The topological polar surface area (TPSA) is 0 Å². The molecule has 0 unspecified atom stereocenters. The second-order valence-electron chi connectivity index (χ2n) is 9.21. The van der Waals surface area contributed by atoms with Crippen LogP contribution in [-0.4, -0.2) is 0 Å². The summed E-state index contributed by atoms with van der Waals surface area (Å²) in [6, 6.07) is 43.9. The molecule has 0 aromatic heterocycles. The Bertz CT molecular complexity index is 1130. The highest BCUT2D eigenvalue weighted by Crippen LogP contribution is 2.83. The molecule has 154 valence electrons. The maximum atomic E-state index is 2.45. The fraction of sp³-hybridized carbons (Fsp3) is 0.125. The Morgan fingerprint density at radius 3 is 0.688 bits per heavy atom. The summed E-state index contributed by atoms with van der Waals surface area (Å²) >= 11 is 0. The lowest BCUT2D eigenvalue weighted by Gasteiger charge is -2.69. The summed E-state index contributed by atoms with van der Waals surface area (Å²) in [5.41, 5.74) is 11.1. The van der Waals surface area contributed by atoms with Crippen molar-refractivity contribution < 1.29 is 0 Å². The van der Waals surface area contributed by atoms with E-state index in [1.807, 2.05) is 0 Å². The highest BCUT2D eigenvalue weighted by atomic mass is 14.7. The minimum atomic E-state index is -0.0495. The fourth-order valence-corrected chi connectivity index (χ4v) is 6.28. The Morgan fingerprint density at radius 2 is 0.500 bits per heavy atom. The van der Waals surface area contributed by atoms with Crippen LogP contribution in [0.15, 0.2) is 121 Å². The molecule has 0 aliphatic heterocycles. The van der Waals surface area contributed by atoms with Gasteiger partial charge < -0.3 is 0 Å². The van der Waals surface area contributed by atoms with E-state index in [9.17, 15) is 0 Å². The average Bonchev–Trinajstić information content (AvgIpc) is 2.87. The molecule has 6 rings (SSSR count). The molecule has 0 saturated carbocycles. The molecule has 0 nitrogen and oxygen atoms in total. The Balaban J connectivity index is 1.68. The molecule has 2 aliphatic carbocycles. The predicted molar refractivity (Wildman–Crippen MR) is 136 cm³/mol. The van der Waals surface area contributed by atoms with Crippen molar-refractivity contribution in [3.8, 4) is 0 Å². The molecule has 0 spiro atoms. The smallest absolute Gasteiger partial charge is 0.0328 e. The molecule has 0 saturated heterocycles. The van der Waals surface area contributed by atoms with Gasteiger partial charge in [0.1, 0.15) is 0 Å². The third kappa shape index (κ3) is 2.33. The van der Waals surface area contributed by atoms with Crippen LogP contribution in [0.1, 0.15) is 36.1 Å². The zero-order chi connectivity index (χ0) is 21.8. The average molecular weight is 411 g/mol. The van der Waals surface area contributed by atoms with Crippen LogP contribution < -0.4 is 0 Å². The van der Waals surface area contributed by atoms with Crippen LogP contribution in [0.5, 0.6) is 0 Å². The van der Waals surface area contributed by atoms with E-state index in [0.717, 1.165) is 0 Å². The summed E-state index contributed by atoms with van der Waals surface area (Å²) in [6.45, 7) is 4.91. The maximum Gasteiger partial charge on any atom is 0.0328 e. The largest absolute Gasteiger partial charge is 0.0622 e. The molecule has 0 N–H and O–H groups in total. The van der Waals surface area contributed by atoms with Crippen molar-refractivity contribution in [3.05, 3.63) is 144 Å². The summed E-state index contributed by atoms with van der Waals surface area (Å²) < 4.78 is 0. The number of hydrogen-bond acceptors (Lipinski definition) is 0. The van der Waals surface area contributed by atoms with Gasteiger partial charge in [-0.05, 0) is 44.5 Å². The third-order valence-corrected chi connectivity index (χ3v) is 7.75. The van der Waals surface area contributed by atoms with Crippen LogP contribution in [0, 0.1) is 10.8 Å². The number of rotatable bonds is 4. The second kappa shape index (κ2) is 6.93. The lowest BCUT2D eigenvalue weighted by molar-refractivity contribution is 0.299. The van der Waals surface area contributed by atoms with Gasteiger partial charge in [-0.2, -0.15) is 0 Å². The Morgan fingerprint density at radius 1 is 0.312 bits per heavy atom. The van der Waals surface area contributed by atoms with E-state index in [4.69, 9.17) is 0 Å². The molecule has 32 heavy (non-hydrogen) atoms. The predicted octanol–water partition coefficient (Wildman–Crippen LogP) is 8.25. The van der Waals surface area contributed by atoms with Crippen LogP contribution in [0.2, 0.25) is 0 Å². The van der Waals surface area contributed by atoms with Gasteiger partial charge in [0.15, 0.2) is 0 Å². The van der Waals surface area contributed by atoms with Gasteiger partial charge in [0.05, 0.1) is 0 Å². The van der Waals surface area contributed by atoms with Crippen molar-refractivity contribution in [2.45, 2.75) is 13.8 Å². The van der Waals surface area contributed by atoms with Crippen molar-refractivity contribution in [3.63, 3.8) is 0 Å². The summed E-state index contributed by atoms with van der Waals surface area (Å²) in [5.74, 6) is 0. The van der Waals surface area contributed by atoms with Crippen molar-refractivity contribution >= 4 is 22.3 Å². The summed E-state index contributed by atoms with van der Waals surface area (Å²) in [6.07, 6.45) is 0. The monoisotopic (exact) mass is 410 g/mol. The summed E-state index contributed by atoms with van der Waals surface area (Å²) in [5, 5.41) is 0. The lowest BCUT2D eigenvalue weighted by Crippen LogP contribution is -2.57. The van der Waals surface area contributed by atoms with Crippen molar-refractivity contribution in [1.82, 2.24) is 0 Å². The molecule has 2 aliphatic rings. The van der Waals surface area contributed by atoms with Crippen LogP contribution in [-0.2, 0) is 0 Å². The Kier molecular flexibility index (Phi) is 4.13. The Labute approximate surface area is 190 Å². The third-order valence-electron chi connectivity index (χ3n) is 7.75.